The molecule has 2 N–H and O–H groups in total. The summed E-state index contributed by atoms with van der Waals surface area (Å²) in [4.78, 5) is 2.09. The molecule has 0 aromatic heterocycles. The van der Waals surface area contributed by atoms with Gasteiger partial charge in [0.25, 0.3) is 0 Å². The van der Waals surface area contributed by atoms with Crippen molar-refractivity contribution in [3.63, 3.8) is 0 Å². The average molecular weight is 208 g/mol. The minimum Gasteiger partial charge on any atom is -0.496 e. The van der Waals surface area contributed by atoms with Crippen molar-refractivity contribution in [3.8, 4) is 5.75 Å². The summed E-state index contributed by atoms with van der Waals surface area (Å²) >= 11 is 0. The molecule has 1 aromatic rings. The molecule has 0 aliphatic heterocycles. The van der Waals surface area contributed by atoms with E-state index in [1.54, 1.807) is 7.11 Å². The number of benzene rings is 1. The normalized spacial score (nSPS) is 10.7. The van der Waals surface area contributed by atoms with Crippen LogP contribution >= 0.6 is 0 Å². The van der Waals surface area contributed by atoms with Gasteiger partial charge in [0, 0.05) is 13.2 Å². The molecule has 0 unspecified atom stereocenters. The van der Waals surface area contributed by atoms with Crippen LogP contribution in [-0.2, 0) is 6.42 Å². The molecule has 0 fully saturated rings. The maximum Gasteiger partial charge on any atom is 0.122 e. The van der Waals surface area contributed by atoms with Crippen molar-refractivity contribution in [3.05, 3.63) is 29.3 Å². The molecule has 1 rings (SSSR count). The molecule has 1 aromatic carbocycles. The molecule has 84 valence electrons. The second kappa shape index (κ2) is 5.73. The highest BCUT2D eigenvalue weighted by atomic mass is 16.5. The quantitative estimate of drug-likeness (QED) is 0.743. The predicted octanol–water partition coefficient (Wildman–Crippen LogP) is 1.39. The van der Waals surface area contributed by atoms with E-state index in [0.29, 0.717) is 6.67 Å². The maximum atomic E-state index is 5.53. The lowest BCUT2D eigenvalue weighted by Gasteiger charge is -2.15. The minimum absolute atomic E-state index is 0.591. The van der Waals surface area contributed by atoms with Crippen molar-refractivity contribution >= 4 is 0 Å². The van der Waals surface area contributed by atoms with Gasteiger partial charge in [-0.2, -0.15) is 0 Å². The maximum absolute atomic E-state index is 5.53. The van der Waals surface area contributed by atoms with Crippen LogP contribution in [0.3, 0.4) is 0 Å². The summed E-state index contributed by atoms with van der Waals surface area (Å²) < 4.78 is 5.32. The Kier molecular flexibility index (Phi) is 4.59. The summed E-state index contributed by atoms with van der Waals surface area (Å²) in [6, 6.07) is 6.26. The summed E-state index contributed by atoms with van der Waals surface area (Å²) in [5.74, 6) is 0.964. The number of ether oxygens (including phenoxy) is 1. The van der Waals surface area contributed by atoms with E-state index in [1.807, 2.05) is 13.1 Å². The Hall–Kier alpha value is -1.06. The molecular weight excluding hydrogens is 188 g/mol. The van der Waals surface area contributed by atoms with Gasteiger partial charge in [0.1, 0.15) is 5.75 Å². The van der Waals surface area contributed by atoms with Gasteiger partial charge < -0.3 is 10.5 Å². The Morgan fingerprint density at radius 2 is 2.13 bits per heavy atom. The molecule has 0 heterocycles. The van der Waals surface area contributed by atoms with Crippen molar-refractivity contribution in [2.24, 2.45) is 5.73 Å². The Labute approximate surface area is 91.8 Å². The first-order valence-electron chi connectivity index (χ1n) is 5.19. The van der Waals surface area contributed by atoms with Crippen LogP contribution in [0.25, 0.3) is 0 Å². The van der Waals surface area contributed by atoms with Crippen LogP contribution < -0.4 is 10.5 Å². The number of methoxy groups -OCH3 is 1. The zero-order valence-corrected chi connectivity index (χ0v) is 9.79. The van der Waals surface area contributed by atoms with E-state index < -0.39 is 0 Å². The zero-order chi connectivity index (χ0) is 11.3. The van der Waals surface area contributed by atoms with Crippen molar-refractivity contribution in [1.29, 1.82) is 0 Å². The van der Waals surface area contributed by atoms with Gasteiger partial charge in [-0.1, -0.05) is 17.7 Å². The summed E-state index contributed by atoms with van der Waals surface area (Å²) in [5.41, 5.74) is 8.04. The summed E-state index contributed by atoms with van der Waals surface area (Å²) in [6.45, 7) is 3.64. The summed E-state index contributed by atoms with van der Waals surface area (Å²) in [7, 11) is 3.73. The minimum atomic E-state index is 0.591. The Morgan fingerprint density at radius 1 is 1.40 bits per heavy atom. The van der Waals surface area contributed by atoms with Crippen LogP contribution in [0.15, 0.2) is 18.2 Å². The van der Waals surface area contributed by atoms with E-state index >= 15 is 0 Å². The predicted molar refractivity (Wildman–Crippen MR) is 63.1 cm³/mol. The van der Waals surface area contributed by atoms with Gasteiger partial charge in [-0.25, -0.2) is 0 Å². The van der Waals surface area contributed by atoms with Crippen molar-refractivity contribution < 1.29 is 4.74 Å². The van der Waals surface area contributed by atoms with Gasteiger partial charge in [-0.05, 0) is 32.0 Å². The first kappa shape index (κ1) is 12.0. The molecule has 0 radical (unpaired) electrons. The Morgan fingerprint density at radius 3 is 2.73 bits per heavy atom. The highest BCUT2D eigenvalue weighted by Crippen LogP contribution is 2.20. The third-order valence-corrected chi connectivity index (χ3v) is 2.51. The molecule has 0 aliphatic carbocycles. The van der Waals surface area contributed by atoms with E-state index in [2.05, 4.69) is 24.0 Å². The second-order valence-electron chi connectivity index (χ2n) is 3.83. The molecule has 0 bridgehead atoms. The van der Waals surface area contributed by atoms with E-state index in [1.165, 1.54) is 11.1 Å². The fourth-order valence-corrected chi connectivity index (χ4v) is 1.51. The molecule has 0 aliphatic rings. The van der Waals surface area contributed by atoms with Crippen LogP contribution in [0.1, 0.15) is 11.1 Å². The van der Waals surface area contributed by atoms with E-state index in [9.17, 15) is 0 Å². The van der Waals surface area contributed by atoms with Crippen LogP contribution in [0, 0.1) is 6.92 Å². The first-order chi connectivity index (χ1) is 7.17. The van der Waals surface area contributed by atoms with Gasteiger partial charge >= 0.3 is 0 Å². The molecule has 0 atom stereocenters. The van der Waals surface area contributed by atoms with Crippen LogP contribution in [0.4, 0.5) is 0 Å². The highest BCUT2D eigenvalue weighted by molar-refractivity contribution is 5.37. The SMILES string of the molecule is COc1ccc(C)cc1CCN(C)CN. The third-order valence-electron chi connectivity index (χ3n) is 2.51. The van der Waals surface area contributed by atoms with Crippen LogP contribution in [0.2, 0.25) is 0 Å². The Balaban J connectivity index is 2.69. The lowest BCUT2D eigenvalue weighted by atomic mass is 10.1. The van der Waals surface area contributed by atoms with Crippen molar-refractivity contribution in [1.82, 2.24) is 4.90 Å². The standard InChI is InChI=1S/C12H20N2O/c1-10-4-5-12(15-3)11(8-10)6-7-14(2)9-13/h4-5,8H,6-7,9,13H2,1-3H3. The zero-order valence-electron chi connectivity index (χ0n) is 9.79. The smallest absolute Gasteiger partial charge is 0.122 e. The largest absolute Gasteiger partial charge is 0.496 e. The monoisotopic (exact) mass is 208 g/mol. The van der Waals surface area contributed by atoms with Gasteiger partial charge in [0.15, 0.2) is 0 Å². The Bertz CT molecular complexity index is 312. The molecule has 0 spiro atoms. The fourth-order valence-electron chi connectivity index (χ4n) is 1.51. The summed E-state index contributed by atoms with van der Waals surface area (Å²) in [5, 5.41) is 0. The molecule has 3 nitrogen and oxygen atoms in total. The number of hydrogen-bond acceptors (Lipinski definition) is 3. The molecule has 0 saturated carbocycles. The molecule has 15 heavy (non-hydrogen) atoms. The van der Waals surface area contributed by atoms with Gasteiger partial charge in [0.2, 0.25) is 0 Å². The molecule has 0 saturated heterocycles. The number of likely N-dealkylation sites (N-methyl/N-ethyl adjacent to an activating group) is 1. The number of aryl methyl sites for hydroxylation is 1. The van der Waals surface area contributed by atoms with E-state index in [0.717, 1.165) is 18.7 Å². The van der Waals surface area contributed by atoms with Crippen molar-refractivity contribution in [2.45, 2.75) is 13.3 Å². The third kappa shape index (κ3) is 3.53. The number of hydrogen-bond donors (Lipinski definition) is 1. The van der Waals surface area contributed by atoms with E-state index in [4.69, 9.17) is 10.5 Å². The topological polar surface area (TPSA) is 38.5 Å². The second-order valence-corrected chi connectivity index (χ2v) is 3.83. The lowest BCUT2D eigenvalue weighted by Crippen LogP contribution is -2.27. The average Bonchev–Trinajstić information content (AvgIpc) is 2.26. The number of rotatable bonds is 5. The van der Waals surface area contributed by atoms with Crippen molar-refractivity contribution in [2.75, 3.05) is 27.4 Å². The molecular formula is C12H20N2O. The highest BCUT2D eigenvalue weighted by Gasteiger charge is 2.04. The molecule has 3 heteroatoms. The number of nitrogens with two attached hydrogens (primary N) is 1. The first-order valence-corrected chi connectivity index (χ1v) is 5.19. The molecule has 0 amide bonds. The summed E-state index contributed by atoms with van der Waals surface area (Å²) in [6.07, 6.45) is 0.971. The lowest BCUT2D eigenvalue weighted by molar-refractivity contribution is 0.344. The van der Waals surface area contributed by atoms with Crippen LogP contribution in [-0.4, -0.2) is 32.3 Å². The van der Waals surface area contributed by atoms with Gasteiger partial charge in [0.05, 0.1) is 7.11 Å². The van der Waals surface area contributed by atoms with Gasteiger partial charge in [-0.3, -0.25) is 4.90 Å². The number of nitrogens with zero attached hydrogens (tertiary/aromatic N) is 1. The van der Waals surface area contributed by atoms with Crippen LogP contribution in [0.5, 0.6) is 5.75 Å². The fraction of sp³-hybridized carbons (Fsp3) is 0.500. The van der Waals surface area contributed by atoms with Gasteiger partial charge in [-0.15, -0.1) is 0 Å². The van der Waals surface area contributed by atoms with E-state index in [-0.39, 0.29) is 0 Å².